The molecule has 0 heteroatoms. The molecule has 0 saturated heterocycles. The summed E-state index contributed by atoms with van der Waals surface area (Å²) in [6, 6.07) is 8.95. The second-order valence-electron chi connectivity index (χ2n) is 6.57. The molecular weight excluding hydrogens is 240 g/mol. The van der Waals surface area contributed by atoms with Crippen LogP contribution in [0, 0.1) is 24.7 Å². The average molecular weight is 264 g/mol. The van der Waals surface area contributed by atoms with E-state index in [4.69, 9.17) is 0 Å². The zero-order valence-corrected chi connectivity index (χ0v) is 12.8. The molecule has 2 aliphatic carbocycles. The SMILES string of the molecule is Cc1cccc(C2=CC(C(C)C)C(C3=CC=CC3)C2)c1. The molecule has 1 aromatic rings. The zero-order chi connectivity index (χ0) is 14.1. The number of aryl methyl sites for hydroxylation is 1. The average Bonchev–Trinajstić information content (AvgIpc) is 3.08. The highest BCUT2D eigenvalue weighted by molar-refractivity contribution is 5.69. The molecule has 0 bridgehead atoms. The van der Waals surface area contributed by atoms with Crippen LogP contribution in [0.25, 0.3) is 5.57 Å². The normalized spacial score (nSPS) is 25.2. The fourth-order valence-electron chi connectivity index (χ4n) is 3.62. The van der Waals surface area contributed by atoms with Crippen molar-refractivity contribution in [2.24, 2.45) is 17.8 Å². The van der Waals surface area contributed by atoms with Crippen LogP contribution in [0.15, 0.2) is 54.1 Å². The van der Waals surface area contributed by atoms with Gasteiger partial charge in [-0.3, -0.25) is 0 Å². The van der Waals surface area contributed by atoms with Crippen LogP contribution in [-0.4, -0.2) is 0 Å². The van der Waals surface area contributed by atoms with Crippen molar-refractivity contribution in [3.63, 3.8) is 0 Å². The van der Waals surface area contributed by atoms with Gasteiger partial charge in [0, 0.05) is 0 Å². The van der Waals surface area contributed by atoms with Gasteiger partial charge >= 0.3 is 0 Å². The lowest BCUT2D eigenvalue weighted by Crippen LogP contribution is -2.15. The molecule has 0 radical (unpaired) electrons. The number of hydrogen-bond acceptors (Lipinski definition) is 0. The standard InChI is InChI=1S/C20H24/c1-14(2)19-12-18(17-10-6-7-15(3)11-17)13-20(19)16-8-4-5-9-16/h4-8,10-12,14,19-20H,9,13H2,1-3H3. The first kappa shape index (κ1) is 13.4. The molecule has 104 valence electrons. The lowest BCUT2D eigenvalue weighted by molar-refractivity contribution is 0.371. The third kappa shape index (κ3) is 2.52. The molecule has 0 N–H and O–H groups in total. The lowest BCUT2D eigenvalue weighted by Gasteiger charge is -2.24. The minimum absolute atomic E-state index is 0.691. The summed E-state index contributed by atoms with van der Waals surface area (Å²) < 4.78 is 0. The van der Waals surface area contributed by atoms with Crippen molar-refractivity contribution < 1.29 is 0 Å². The molecule has 0 fully saturated rings. The number of benzene rings is 1. The molecule has 0 saturated carbocycles. The maximum absolute atomic E-state index is 2.54. The molecule has 3 rings (SSSR count). The van der Waals surface area contributed by atoms with Crippen molar-refractivity contribution >= 4 is 5.57 Å². The van der Waals surface area contributed by atoms with Gasteiger partial charge in [0.2, 0.25) is 0 Å². The molecule has 0 spiro atoms. The van der Waals surface area contributed by atoms with Gasteiger partial charge in [-0.05, 0) is 48.7 Å². The minimum Gasteiger partial charge on any atom is -0.0805 e. The number of hydrogen-bond donors (Lipinski definition) is 0. The molecule has 0 heterocycles. The molecule has 2 unspecified atom stereocenters. The van der Waals surface area contributed by atoms with Gasteiger partial charge in [0.25, 0.3) is 0 Å². The van der Waals surface area contributed by atoms with E-state index in [0.717, 1.165) is 6.42 Å². The van der Waals surface area contributed by atoms with Gasteiger partial charge in [0.15, 0.2) is 0 Å². The van der Waals surface area contributed by atoms with Gasteiger partial charge in [-0.2, -0.15) is 0 Å². The second kappa shape index (κ2) is 5.44. The fraction of sp³-hybridized carbons (Fsp3) is 0.400. The summed E-state index contributed by atoms with van der Waals surface area (Å²) in [6.45, 7) is 6.90. The van der Waals surface area contributed by atoms with Crippen LogP contribution in [-0.2, 0) is 0 Å². The van der Waals surface area contributed by atoms with E-state index >= 15 is 0 Å². The van der Waals surface area contributed by atoms with Crippen LogP contribution in [0.1, 0.15) is 37.8 Å². The molecule has 0 aromatic heterocycles. The smallest absolute Gasteiger partial charge is 0.00908 e. The van der Waals surface area contributed by atoms with Crippen LogP contribution in [0.4, 0.5) is 0 Å². The quantitative estimate of drug-likeness (QED) is 0.670. The van der Waals surface area contributed by atoms with E-state index in [2.05, 4.69) is 69.3 Å². The largest absolute Gasteiger partial charge is 0.0805 e. The van der Waals surface area contributed by atoms with Crippen LogP contribution >= 0.6 is 0 Å². The van der Waals surface area contributed by atoms with Gasteiger partial charge < -0.3 is 0 Å². The highest BCUT2D eigenvalue weighted by Gasteiger charge is 2.32. The Hall–Kier alpha value is -1.56. The summed E-state index contributed by atoms with van der Waals surface area (Å²) in [5.41, 5.74) is 5.95. The summed E-state index contributed by atoms with van der Waals surface area (Å²) in [5, 5.41) is 0. The van der Waals surface area contributed by atoms with Gasteiger partial charge in [-0.15, -0.1) is 0 Å². The first-order valence-electron chi connectivity index (χ1n) is 7.78. The molecule has 1 aromatic carbocycles. The molecule has 0 nitrogen and oxygen atoms in total. The van der Waals surface area contributed by atoms with Gasteiger partial charge in [-0.25, -0.2) is 0 Å². The third-order valence-corrected chi connectivity index (χ3v) is 4.73. The van der Waals surface area contributed by atoms with E-state index in [1.165, 1.54) is 17.5 Å². The second-order valence-corrected chi connectivity index (χ2v) is 6.57. The van der Waals surface area contributed by atoms with Crippen molar-refractivity contribution in [1.82, 2.24) is 0 Å². The van der Waals surface area contributed by atoms with Crippen LogP contribution in [0.5, 0.6) is 0 Å². The summed E-state index contributed by atoms with van der Waals surface area (Å²) >= 11 is 0. The molecule has 2 aliphatic rings. The van der Waals surface area contributed by atoms with E-state index in [-0.39, 0.29) is 0 Å². The summed E-state index contributed by atoms with van der Waals surface area (Å²) in [7, 11) is 0. The molecular formula is C20H24. The Bertz CT molecular complexity index is 584. The van der Waals surface area contributed by atoms with E-state index in [9.17, 15) is 0 Å². The maximum Gasteiger partial charge on any atom is -0.00908 e. The Morgan fingerprint density at radius 2 is 2.05 bits per heavy atom. The molecule has 0 aliphatic heterocycles. The Morgan fingerprint density at radius 3 is 2.70 bits per heavy atom. The first-order chi connectivity index (χ1) is 9.65. The van der Waals surface area contributed by atoms with Crippen molar-refractivity contribution in [1.29, 1.82) is 0 Å². The lowest BCUT2D eigenvalue weighted by atomic mass is 9.81. The predicted octanol–water partition coefficient (Wildman–Crippen LogP) is 5.56. The van der Waals surface area contributed by atoms with Crippen LogP contribution in [0.3, 0.4) is 0 Å². The molecule has 2 atom stereocenters. The molecule has 0 amide bonds. The van der Waals surface area contributed by atoms with Crippen molar-refractivity contribution in [3.8, 4) is 0 Å². The Labute approximate surface area is 122 Å². The van der Waals surface area contributed by atoms with Crippen LogP contribution in [0.2, 0.25) is 0 Å². The first-order valence-corrected chi connectivity index (χ1v) is 7.78. The van der Waals surface area contributed by atoms with Gasteiger partial charge in [-0.1, -0.05) is 73.6 Å². The summed E-state index contributed by atoms with van der Waals surface area (Å²) in [4.78, 5) is 0. The number of allylic oxidation sites excluding steroid dienone is 6. The Morgan fingerprint density at radius 1 is 1.20 bits per heavy atom. The van der Waals surface area contributed by atoms with Gasteiger partial charge in [0.1, 0.15) is 0 Å². The number of rotatable bonds is 3. The molecule has 20 heavy (non-hydrogen) atoms. The monoisotopic (exact) mass is 264 g/mol. The minimum atomic E-state index is 0.691. The predicted molar refractivity (Wildman–Crippen MR) is 87.4 cm³/mol. The zero-order valence-electron chi connectivity index (χ0n) is 12.8. The van der Waals surface area contributed by atoms with Crippen molar-refractivity contribution in [2.45, 2.75) is 33.6 Å². The van der Waals surface area contributed by atoms with E-state index in [1.54, 1.807) is 11.1 Å². The van der Waals surface area contributed by atoms with E-state index < -0.39 is 0 Å². The topological polar surface area (TPSA) is 0 Å². The van der Waals surface area contributed by atoms with E-state index in [0.29, 0.717) is 17.8 Å². The van der Waals surface area contributed by atoms with E-state index in [1.807, 2.05) is 0 Å². The highest BCUT2D eigenvalue weighted by atomic mass is 14.4. The van der Waals surface area contributed by atoms with Crippen molar-refractivity contribution in [3.05, 3.63) is 65.3 Å². The fourth-order valence-corrected chi connectivity index (χ4v) is 3.62. The van der Waals surface area contributed by atoms with Crippen LogP contribution < -0.4 is 0 Å². The third-order valence-electron chi connectivity index (χ3n) is 4.73. The Kier molecular flexibility index (Phi) is 3.65. The summed E-state index contributed by atoms with van der Waals surface area (Å²) in [6.07, 6.45) is 11.8. The maximum atomic E-state index is 2.54. The van der Waals surface area contributed by atoms with Gasteiger partial charge in [0.05, 0.1) is 0 Å². The summed E-state index contributed by atoms with van der Waals surface area (Å²) in [5.74, 6) is 2.11. The highest BCUT2D eigenvalue weighted by Crippen LogP contribution is 2.45. The van der Waals surface area contributed by atoms with Crippen molar-refractivity contribution in [2.75, 3.05) is 0 Å². The Balaban J connectivity index is 1.89.